The Bertz CT molecular complexity index is 3570. The number of carbonyl (C=O) groups is 9. The number of aliphatic carboxylic acids is 1. The second-order valence-electron chi connectivity index (χ2n) is 23.5. The number of benzene rings is 4. The average Bonchev–Trinajstić information content (AvgIpc) is 1.67. The van der Waals surface area contributed by atoms with Crippen LogP contribution in [0.3, 0.4) is 0 Å². The van der Waals surface area contributed by atoms with Gasteiger partial charge in [0.25, 0.3) is 11.8 Å². The number of likely N-dealkylation sites (tertiary alicyclic amines) is 1. The van der Waals surface area contributed by atoms with Gasteiger partial charge in [-0.1, -0.05) is 62.6 Å². The van der Waals surface area contributed by atoms with Gasteiger partial charge in [0.2, 0.25) is 29.5 Å². The second-order valence-corrected chi connectivity index (χ2v) is 24.7. The normalized spacial score (nSPS) is 17.9. The van der Waals surface area contributed by atoms with Crippen LogP contribution in [0.15, 0.2) is 101 Å². The van der Waals surface area contributed by atoms with Crippen molar-refractivity contribution >= 4 is 99.9 Å². The molecular formula is C68H80N8O15S. The molecule has 1 saturated heterocycles. The number of rotatable bonds is 28. The summed E-state index contributed by atoms with van der Waals surface area (Å²) in [5.41, 5.74) is 6.93. The Balaban J connectivity index is 0.000000238. The highest BCUT2D eigenvalue weighted by molar-refractivity contribution is 8.00. The van der Waals surface area contributed by atoms with E-state index in [0.717, 1.165) is 51.1 Å². The van der Waals surface area contributed by atoms with Gasteiger partial charge in [0, 0.05) is 99.9 Å². The van der Waals surface area contributed by atoms with Gasteiger partial charge in [0.15, 0.2) is 28.8 Å². The molecule has 24 heteroatoms. The molecule has 1 unspecified atom stereocenters. The topological polar surface area (TPSA) is 291 Å². The van der Waals surface area contributed by atoms with E-state index in [4.69, 9.17) is 23.7 Å². The lowest BCUT2D eigenvalue weighted by molar-refractivity contribution is -0.141. The van der Waals surface area contributed by atoms with Crippen LogP contribution in [0.2, 0.25) is 0 Å². The number of carboxylic acids is 1. The van der Waals surface area contributed by atoms with Crippen LogP contribution in [0.25, 0.3) is 5.57 Å². The number of thioether (sulfide) groups is 1. The van der Waals surface area contributed by atoms with Gasteiger partial charge < -0.3 is 54.5 Å². The number of Topliss-reactive ketones (excluding diaryl/α,β-unsaturated/α-hetero) is 1. The van der Waals surface area contributed by atoms with Crippen molar-refractivity contribution in [2.75, 3.05) is 52.2 Å². The van der Waals surface area contributed by atoms with Gasteiger partial charge in [0.05, 0.1) is 80.4 Å². The van der Waals surface area contributed by atoms with Crippen LogP contribution >= 0.6 is 11.8 Å². The van der Waals surface area contributed by atoms with Gasteiger partial charge in [-0.15, -0.1) is 11.8 Å². The minimum absolute atomic E-state index is 0.0117. The van der Waals surface area contributed by atoms with Crippen LogP contribution in [-0.2, 0) is 33.6 Å². The van der Waals surface area contributed by atoms with Gasteiger partial charge in [-0.2, -0.15) is 0 Å². The van der Waals surface area contributed by atoms with E-state index in [1.807, 2.05) is 88.9 Å². The maximum Gasteiger partial charge on any atom is 0.327 e. The van der Waals surface area contributed by atoms with Crippen molar-refractivity contribution < 1.29 is 71.9 Å². The highest BCUT2D eigenvalue weighted by Gasteiger charge is 2.40. The fourth-order valence-electron chi connectivity index (χ4n) is 11.0. The van der Waals surface area contributed by atoms with E-state index in [9.17, 15) is 48.3 Å². The average molecular weight is 1280 g/mol. The second kappa shape index (κ2) is 31.6. The highest BCUT2D eigenvalue weighted by atomic mass is 32.2. The number of ketones is 1. The number of fused-ring (bicyclic) bond motifs is 4. The largest absolute Gasteiger partial charge is 0.497 e. The number of imide groups is 1. The third kappa shape index (κ3) is 17.4. The fourth-order valence-corrected chi connectivity index (χ4v) is 12.2. The number of aliphatic imine (C=N–C) groups is 2. The van der Waals surface area contributed by atoms with Crippen LogP contribution in [0.1, 0.15) is 124 Å². The zero-order valence-electron chi connectivity index (χ0n) is 53.3. The van der Waals surface area contributed by atoms with Crippen molar-refractivity contribution in [3.63, 3.8) is 0 Å². The zero-order valence-corrected chi connectivity index (χ0v) is 54.1. The van der Waals surface area contributed by atoms with Crippen LogP contribution in [-0.4, -0.2) is 162 Å². The molecule has 6 atom stereocenters. The molecule has 5 heterocycles. The first-order valence-electron chi connectivity index (χ1n) is 30.7. The Morgan fingerprint density at radius 3 is 1.86 bits per heavy atom. The first-order chi connectivity index (χ1) is 44.0. The van der Waals surface area contributed by atoms with Crippen LogP contribution in [0.4, 0.5) is 17.1 Å². The van der Waals surface area contributed by atoms with Crippen molar-refractivity contribution in [1.82, 2.24) is 25.3 Å². The van der Waals surface area contributed by atoms with E-state index >= 15 is 0 Å². The molecule has 488 valence electrons. The van der Waals surface area contributed by atoms with Crippen molar-refractivity contribution in [3.05, 3.63) is 113 Å². The Labute approximate surface area is 539 Å². The zero-order chi connectivity index (χ0) is 66.3. The van der Waals surface area contributed by atoms with Gasteiger partial charge in [-0.3, -0.25) is 53.2 Å². The van der Waals surface area contributed by atoms with Crippen molar-refractivity contribution in [3.8, 4) is 28.7 Å². The van der Waals surface area contributed by atoms with Crippen molar-refractivity contribution in [2.24, 2.45) is 21.8 Å². The molecule has 0 aromatic heterocycles. The summed E-state index contributed by atoms with van der Waals surface area (Å²) < 4.78 is 28.6. The number of anilines is 1. The van der Waals surface area contributed by atoms with Gasteiger partial charge >= 0.3 is 5.97 Å². The number of carbonyl (C=O) groups excluding carboxylic acids is 8. The summed E-state index contributed by atoms with van der Waals surface area (Å²) in [5.74, 6) is -1.60. The Morgan fingerprint density at radius 1 is 0.696 bits per heavy atom. The number of nitrogens with one attached hydrogen (secondary N) is 3. The molecular weight excluding hydrogens is 1200 g/mol. The molecule has 9 rings (SSSR count). The third-order valence-corrected chi connectivity index (χ3v) is 17.4. The first-order valence-corrected chi connectivity index (χ1v) is 31.7. The van der Waals surface area contributed by atoms with Crippen LogP contribution in [0, 0.1) is 18.8 Å². The van der Waals surface area contributed by atoms with E-state index in [-0.39, 0.29) is 90.8 Å². The SMILES string of the molecule is CC(=O)N[C@@H](CSC1CC(=O)N(CCCCCC(=O)N[C@H](C(=O)C[C@@H](C)C(=O)Nc2ccc(C)cc2)C(C)C)C1=O)C(=O)O.COc1ccc(C2=CN3C(=O)c4cc(OC)c(OCCCOc5cc6c(cc5OC)C(=O)N5C=C(C)C[C@H]5C=N6)cc4N=C[C@@H]3C2)cc1. The third-order valence-electron chi connectivity index (χ3n) is 16.1. The number of aryl methyl sites for hydroxylation is 1. The van der Waals surface area contributed by atoms with Crippen LogP contribution < -0.4 is 39.6 Å². The number of methoxy groups -OCH3 is 3. The molecule has 0 radical (unpaired) electrons. The molecule has 7 amide bonds. The number of nitrogens with zero attached hydrogens (tertiary/aromatic N) is 5. The summed E-state index contributed by atoms with van der Waals surface area (Å²) >= 11 is 1.03. The molecule has 0 spiro atoms. The number of carboxylic acid groups (broad SMARTS) is 1. The fraction of sp³-hybridized carbons (Fsp3) is 0.426. The summed E-state index contributed by atoms with van der Waals surface area (Å²) in [6, 6.07) is 19.9. The van der Waals surface area contributed by atoms with Crippen molar-refractivity contribution in [2.45, 2.75) is 129 Å². The molecule has 0 bridgehead atoms. The van der Waals surface area contributed by atoms with Crippen LogP contribution in [0.5, 0.6) is 28.7 Å². The highest BCUT2D eigenvalue weighted by Crippen LogP contribution is 2.42. The molecule has 1 fully saturated rings. The molecule has 4 aromatic carbocycles. The van der Waals surface area contributed by atoms with Gasteiger partial charge in [-0.05, 0) is 86.6 Å². The summed E-state index contributed by atoms with van der Waals surface area (Å²) in [6.45, 7) is 11.3. The Morgan fingerprint density at radius 2 is 1.29 bits per heavy atom. The lowest BCUT2D eigenvalue weighted by atomic mass is 9.92. The number of hydrogen-bond donors (Lipinski definition) is 4. The maximum atomic E-state index is 13.7. The molecule has 0 saturated carbocycles. The number of ether oxygens (including phenoxy) is 5. The molecule has 0 aliphatic carbocycles. The van der Waals surface area contributed by atoms with E-state index in [1.54, 1.807) is 74.5 Å². The summed E-state index contributed by atoms with van der Waals surface area (Å²) in [6.07, 6.45) is 11.1. The summed E-state index contributed by atoms with van der Waals surface area (Å²) in [5, 5.41) is 16.4. The standard InChI is InChI=1S/C37H36N4O7.C31H44N4O8S/c1-22-12-25-18-38-30-16-34(32(45-3)14-28(30)36(42)40(25)20-22)47-10-5-11-48-35-17-31-29(15-33(35)46-4)37(43)41-21-24(13-26(41)19-39-31)23-6-8-27(44-2)9-7-23;1-18(2)28(24(37)15-20(4)29(40)33-22-12-10-19(3)11-13-22)34-26(38)9-7-6-8-14-35-27(39)16-25(30(35)41)44-17-23(31(42)43)32-21(5)36/h6-9,14-21,25-26H,5,10-13H2,1-4H3;10-13,18,20,23,25,28H,6-9,14-17H2,1-5H3,(H,32,36)(H,33,40)(H,34,38)(H,42,43)/t25-,26-;20-,23+,25?,28+/m01/s1. The molecule has 5 aliphatic heterocycles. The predicted octanol–water partition coefficient (Wildman–Crippen LogP) is 9.05. The van der Waals surface area contributed by atoms with E-state index < -0.39 is 35.1 Å². The van der Waals surface area contributed by atoms with E-state index in [1.165, 1.54) is 6.92 Å². The molecule has 5 aliphatic rings. The molecule has 4 N–H and O–H groups in total. The number of unbranched alkanes of at least 4 members (excludes halogenated alkanes) is 2. The van der Waals surface area contributed by atoms with E-state index in [0.29, 0.717) is 96.5 Å². The molecule has 92 heavy (non-hydrogen) atoms. The molecule has 23 nitrogen and oxygen atoms in total. The Hall–Kier alpha value is -9.32. The number of hydrogen-bond acceptors (Lipinski definition) is 17. The lowest BCUT2D eigenvalue weighted by Gasteiger charge is -2.23. The summed E-state index contributed by atoms with van der Waals surface area (Å²) in [4.78, 5) is 127. The predicted molar refractivity (Wildman–Crippen MR) is 348 cm³/mol. The van der Waals surface area contributed by atoms with E-state index in [2.05, 4.69) is 25.9 Å². The Kier molecular flexibility index (Phi) is 23.6. The van der Waals surface area contributed by atoms with Gasteiger partial charge in [0.1, 0.15) is 11.8 Å². The minimum Gasteiger partial charge on any atom is -0.497 e. The van der Waals surface area contributed by atoms with Crippen molar-refractivity contribution in [1.29, 1.82) is 0 Å². The first kappa shape index (κ1) is 68.6. The maximum absolute atomic E-state index is 13.7. The monoisotopic (exact) mass is 1280 g/mol. The quantitative estimate of drug-likeness (QED) is 0.0305. The number of amides is 7. The van der Waals surface area contributed by atoms with Gasteiger partial charge in [-0.25, -0.2) is 4.79 Å². The smallest absolute Gasteiger partial charge is 0.327 e. The lowest BCUT2D eigenvalue weighted by Crippen LogP contribution is -2.45. The molecule has 4 aromatic rings. The minimum atomic E-state index is -1.22. The summed E-state index contributed by atoms with van der Waals surface area (Å²) in [7, 11) is 4.72.